The smallest absolute Gasteiger partial charge is 0.338 e. The predicted molar refractivity (Wildman–Crippen MR) is 183 cm³/mol. The number of rotatable bonds is 7. The van der Waals surface area contributed by atoms with Gasteiger partial charge in [-0.3, -0.25) is 23.7 Å². The van der Waals surface area contributed by atoms with Gasteiger partial charge in [-0.15, -0.1) is 0 Å². The molecule has 0 aliphatic carbocycles. The molecule has 242 valence electrons. The van der Waals surface area contributed by atoms with Gasteiger partial charge in [0.25, 0.3) is 0 Å². The number of thioether (sulfide) groups is 1. The third-order valence-corrected chi connectivity index (χ3v) is 11.1. The highest BCUT2D eigenvalue weighted by molar-refractivity contribution is 8.00. The molecule has 4 aromatic rings. The Kier molecular flexibility index (Phi) is 8.71. The first-order valence-corrected chi connectivity index (χ1v) is 17.1. The summed E-state index contributed by atoms with van der Waals surface area (Å²) in [6.07, 6.45) is 0. The third kappa shape index (κ3) is 6.17. The summed E-state index contributed by atoms with van der Waals surface area (Å²) >= 11 is 2.18. The third-order valence-electron chi connectivity index (χ3n) is 8.46. The second-order valence-electron chi connectivity index (χ2n) is 12.7. The number of aromatic nitrogens is 1. The Morgan fingerprint density at radius 1 is 0.894 bits per heavy atom. The van der Waals surface area contributed by atoms with E-state index in [0.29, 0.717) is 26.8 Å². The molecule has 0 bridgehead atoms. The minimum atomic E-state index is -0.826. The van der Waals surface area contributed by atoms with Crippen molar-refractivity contribution < 1.29 is 23.9 Å². The van der Waals surface area contributed by atoms with Gasteiger partial charge in [-0.05, 0) is 66.8 Å². The molecule has 1 fully saturated rings. The molecule has 2 aliphatic heterocycles. The average molecular weight is 670 g/mol. The van der Waals surface area contributed by atoms with Gasteiger partial charge < -0.3 is 10.1 Å². The highest BCUT2D eigenvalue weighted by Gasteiger charge is 2.56. The summed E-state index contributed by atoms with van der Waals surface area (Å²) < 4.78 is 6.49. The van der Waals surface area contributed by atoms with E-state index in [1.807, 2.05) is 43.3 Å². The topological polar surface area (TPSA) is 115 Å². The molecule has 2 unspecified atom stereocenters. The van der Waals surface area contributed by atoms with Gasteiger partial charge in [0, 0.05) is 16.5 Å². The fourth-order valence-corrected chi connectivity index (χ4v) is 8.77. The quantitative estimate of drug-likeness (QED) is 0.186. The van der Waals surface area contributed by atoms with Crippen molar-refractivity contribution in [1.82, 2.24) is 4.57 Å². The molecule has 11 heteroatoms. The van der Waals surface area contributed by atoms with Crippen LogP contribution in [0.4, 0.5) is 11.4 Å². The van der Waals surface area contributed by atoms with E-state index in [0.717, 1.165) is 39.8 Å². The molecule has 1 aromatic heterocycles. The largest absolute Gasteiger partial charge is 0.462 e. The van der Waals surface area contributed by atoms with E-state index >= 15 is 0 Å². The second kappa shape index (κ2) is 12.6. The molecule has 3 heterocycles. The first kappa shape index (κ1) is 32.5. The van der Waals surface area contributed by atoms with E-state index in [2.05, 4.69) is 26.1 Å². The van der Waals surface area contributed by atoms with Crippen LogP contribution in [-0.4, -0.2) is 40.1 Å². The van der Waals surface area contributed by atoms with Crippen molar-refractivity contribution in [3.63, 3.8) is 0 Å². The molecular formula is C36H35N3O6S2. The molecule has 3 aromatic carbocycles. The summed E-state index contributed by atoms with van der Waals surface area (Å²) in [7, 11) is 0. The zero-order valence-electron chi connectivity index (χ0n) is 26.7. The lowest BCUT2D eigenvalue weighted by molar-refractivity contribution is -0.122. The zero-order chi connectivity index (χ0) is 33.6. The fourth-order valence-electron chi connectivity index (χ4n) is 6.00. The second-order valence-corrected chi connectivity index (χ2v) is 14.9. The number of ether oxygens (including phenoxy) is 1. The Balaban J connectivity index is 1.39. The van der Waals surface area contributed by atoms with Crippen molar-refractivity contribution in [2.75, 3.05) is 16.8 Å². The van der Waals surface area contributed by atoms with E-state index in [4.69, 9.17) is 4.74 Å². The minimum Gasteiger partial charge on any atom is -0.462 e. The van der Waals surface area contributed by atoms with Crippen LogP contribution in [0, 0.1) is 12.8 Å². The van der Waals surface area contributed by atoms with Crippen LogP contribution in [0.15, 0.2) is 82.6 Å². The van der Waals surface area contributed by atoms with Gasteiger partial charge in [-0.1, -0.05) is 85.8 Å². The van der Waals surface area contributed by atoms with E-state index in [1.165, 1.54) is 21.6 Å². The number of thiazole rings is 1. The molecular weight excluding hydrogens is 635 g/mol. The number of hydrogen-bond donors (Lipinski definition) is 1. The number of imide groups is 1. The van der Waals surface area contributed by atoms with Crippen LogP contribution in [0.1, 0.15) is 65.5 Å². The summed E-state index contributed by atoms with van der Waals surface area (Å²) in [5.41, 5.74) is 4.16. The molecule has 0 spiro atoms. The maximum Gasteiger partial charge on any atom is 0.338 e. The van der Waals surface area contributed by atoms with Gasteiger partial charge in [0.2, 0.25) is 17.7 Å². The predicted octanol–water partition coefficient (Wildman–Crippen LogP) is 6.13. The lowest BCUT2D eigenvalue weighted by atomic mass is 9.81. The number of fused-ring (bicyclic) bond motifs is 2. The van der Waals surface area contributed by atoms with Crippen LogP contribution in [0.25, 0.3) is 0 Å². The highest BCUT2D eigenvalue weighted by Crippen LogP contribution is 2.54. The monoisotopic (exact) mass is 669 g/mol. The SMILES string of the molecule is CCOC(=O)c1ccc(N2C(=O)C3Sc4c(sc(=O)n4CC(=O)Nc4ccc(C)cc4)[C@H](c4ccc(C(C)(C)C)cc4)C3C2=O)cc1. The molecule has 1 saturated heterocycles. The van der Waals surface area contributed by atoms with Gasteiger partial charge in [0.1, 0.15) is 11.8 Å². The van der Waals surface area contributed by atoms with E-state index in [1.54, 1.807) is 31.2 Å². The van der Waals surface area contributed by atoms with E-state index in [-0.39, 0.29) is 35.3 Å². The molecule has 0 saturated carbocycles. The van der Waals surface area contributed by atoms with Gasteiger partial charge >= 0.3 is 10.8 Å². The van der Waals surface area contributed by atoms with Crippen molar-refractivity contribution >= 4 is 58.2 Å². The lowest BCUT2D eigenvalue weighted by Gasteiger charge is -2.31. The summed E-state index contributed by atoms with van der Waals surface area (Å²) in [6, 6.07) is 21.6. The van der Waals surface area contributed by atoms with Crippen LogP contribution in [0.2, 0.25) is 0 Å². The number of hydrogen-bond acceptors (Lipinski definition) is 8. The van der Waals surface area contributed by atoms with Gasteiger partial charge in [0.05, 0.1) is 28.8 Å². The molecule has 2 aliphatic rings. The van der Waals surface area contributed by atoms with Gasteiger partial charge in [-0.2, -0.15) is 0 Å². The van der Waals surface area contributed by atoms with Crippen LogP contribution < -0.4 is 15.1 Å². The van der Waals surface area contributed by atoms with Gasteiger partial charge in [-0.25, -0.2) is 9.69 Å². The molecule has 0 radical (unpaired) electrons. The fraction of sp³-hybridized carbons (Fsp3) is 0.306. The summed E-state index contributed by atoms with van der Waals surface area (Å²) in [5, 5.41) is 2.54. The Hall–Kier alpha value is -4.48. The van der Waals surface area contributed by atoms with E-state index in [9.17, 15) is 24.0 Å². The number of benzene rings is 3. The number of aryl methyl sites for hydroxylation is 1. The van der Waals surface area contributed by atoms with Crippen molar-refractivity contribution in [2.24, 2.45) is 5.92 Å². The van der Waals surface area contributed by atoms with Crippen molar-refractivity contribution in [3.8, 4) is 0 Å². The molecule has 6 rings (SSSR count). The summed E-state index contributed by atoms with van der Waals surface area (Å²) in [6.45, 7) is 10.0. The first-order chi connectivity index (χ1) is 22.4. The van der Waals surface area contributed by atoms with Crippen LogP contribution in [-0.2, 0) is 31.1 Å². The number of anilines is 2. The number of carbonyl (C=O) groups is 4. The van der Waals surface area contributed by atoms with Crippen molar-refractivity contribution in [2.45, 2.75) is 62.8 Å². The molecule has 3 atom stereocenters. The molecule has 3 amide bonds. The maximum absolute atomic E-state index is 14.2. The first-order valence-electron chi connectivity index (χ1n) is 15.4. The number of esters is 1. The standard InChI is InChI=1S/C36H35N3O6S2/c1-6-45-34(43)22-11-17-25(18-12-22)39-31(41)28-27(21-9-13-23(14-10-21)36(3,4)5)30-33(46-29(28)32(39)42)38(35(44)47-30)19-26(40)37-24-15-7-20(2)8-16-24/h7-18,27-29H,6,19H2,1-5H3,(H,37,40)/t27-,28?,29?/m1/s1. The zero-order valence-corrected chi connectivity index (χ0v) is 28.4. The van der Waals surface area contributed by atoms with Crippen LogP contribution in [0.3, 0.4) is 0 Å². The number of nitrogens with one attached hydrogen (secondary N) is 1. The molecule has 47 heavy (non-hydrogen) atoms. The number of amides is 3. The molecule has 1 N–H and O–H groups in total. The normalized spacial score (nSPS) is 18.9. The Labute approximate surface area is 280 Å². The Bertz CT molecular complexity index is 1920. The number of nitrogens with zero attached hydrogens (tertiary/aromatic N) is 2. The summed E-state index contributed by atoms with van der Waals surface area (Å²) in [5.74, 6) is -3.01. The maximum atomic E-state index is 14.2. The van der Waals surface area contributed by atoms with Crippen molar-refractivity contribution in [1.29, 1.82) is 0 Å². The highest BCUT2D eigenvalue weighted by atomic mass is 32.2. The minimum absolute atomic E-state index is 0.0980. The molecule has 9 nitrogen and oxygen atoms in total. The van der Waals surface area contributed by atoms with Gasteiger partial charge in [0.15, 0.2) is 0 Å². The van der Waals surface area contributed by atoms with E-state index < -0.39 is 29.0 Å². The number of carbonyl (C=O) groups excluding carboxylic acids is 4. The van der Waals surface area contributed by atoms with Crippen LogP contribution >= 0.6 is 23.1 Å². The summed E-state index contributed by atoms with van der Waals surface area (Å²) in [4.78, 5) is 68.7. The lowest BCUT2D eigenvalue weighted by Crippen LogP contribution is -2.33. The van der Waals surface area contributed by atoms with Crippen LogP contribution in [0.5, 0.6) is 0 Å². The Morgan fingerprint density at radius 2 is 1.55 bits per heavy atom. The Morgan fingerprint density at radius 3 is 2.17 bits per heavy atom. The average Bonchev–Trinajstić information content (AvgIpc) is 3.48. The van der Waals surface area contributed by atoms with Crippen molar-refractivity contribution in [3.05, 3.63) is 110 Å².